The Morgan fingerprint density at radius 3 is 2.22 bits per heavy atom. The number of nitrogens with zero attached hydrogens (tertiary/aromatic N) is 2. The van der Waals surface area contributed by atoms with Crippen LogP contribution in [0.25, 0.3) is 0 Å². The average molecular weight is 580 g/mol. The van der Waals surface area contributed by atoms with E-state index in [9.17, 15) is 18.0 Å². The monoisotopic (exact) mass is 579 g/mol. The summed E-state index contributed by atoms with van der Waals surface area (Å²) in [7, 11) is -2.28. The molecule has 1 atom stereocenters. The molecule has 3 rings (SSSR count). The van der Waals surface area contributed by atoms with Gasteiger partial charge in [0.2, 0.25) is 21.8 Å². The van der Waals surface area contributed by atoms with Crippen molar-refractivity contribution in [2.75, 3.05) is 30.8 Å². The van der Waals surface area contributed by atoms with Crippen LogP contribution >= 0.6 is 0 Å². The van der Waals surface area contributed by atoms with E-state index < -0.39 is 28.5 Å². The fourth-order valence-electron chi connectivity index (χ4n) is 4.69. The van der Waals surface area contributed by atoms with Gasteiger partial charge < -0.3 is 15.0 Å². The van der Waals surface area contributed by atoms with Gasteiger partial charge in [0, 0.05) is 19.5 Å². The SMILES string of the molecule is CCCNC(=O)[C@H](Cc1ccccc1)N(Cc1cccc(OC)c1)C(=O)CN(c1ccccc1C(C)C)S(C)(=O)=O. The van der Waals surface area contributed by atoms with Gasteiger partial charge in [0.1, 0.15) is 18.3 Å². The topological polar surface area (TPSA) is 96.0 Å². The lowest BCUT2D eigenvalue weighted by Crippen LogP contribution is -2.53. The summed E-state index contributed by atoms with van der Waals surface area (Å²) in [6.07, 6.45) is 2.11. The van der Waals surface area contributed by atoms with E-state index in [1.807, 2.05) is 81.4 Å². The van der Waals surface area contributed by atoms with Gasteiger partial charge in [-0.25, -0.2) is 8.42 Å². The van der Waals surface area contributed by atoms with E-state index in [0.29, 0.717) is 18.0 Å². The predicted octanol–water partition coefficient (Wildman–Crippen LogP) is 4.75. The highest BCUT2D eigenvalue weighted by Crippen LogP contribution is 2.29. The summed E-state index contributed by atoms with van der Waals surface area (Å²) in [6, 6.07) is 23.1. The first-order valence-electron chi connectivity index (χ1n) is 13.9. The minimum Gasteiger partial charge on any atom is -0.497 e. The molecule has 0 aliphatic rings. The number of nitrogens with one attached hydrogen (secondary N) is 1. The lowest BCUT2D eigenvalue weighted by molar-refractivity contribution is -0.140. The molecule has 3 aromatic rings. The molecular weight excluding hydrogens is 538 g/mol. The largest absolute Gasteiger partial charge is 0.497 e. The van der Waals surface area contributed by atoms with Crippen LogP contribution in [0.2, 0.25) is 0 Å². The number of carbonyl (C=O) groups excluding carboxylic acids is 2. The van der Waals surface area contributed by atoms with Crippen LogP contribution in [0.5, 0.6) is 5.75 Å². The number of para-hydroxylation sites is 1. The van der Waals surface area contributed by atoms with Crippen LogP contribution in [0.15, 0.2) is 78.9 Å². The zero-order chi connectivity index (χ0) is 30.0. The zero-order valence-electron chi connectivity index (χ0n) is 24.5. The van der Waals surface area contributed by atoms with E-state index >= 15 is 0 Å². The molecule has 0 spiro atoms. The van der Waals surface area contributed by atoms with Crippen LogP contribution in [0.4, 0.5) is 5.69 Å². The molecule has 220 valence electrons. The second-order valence-corrected chi connectivity index (χ2v) is 12.3. The van der Waals surface area contributed by atoms with Gasteiger partial charge in [-0.1, -0.05) is 81.4 Å². The van der Waals surface area contributed by atoms with Crippen molar-refractivity contribution < 1.29 is 22.7 Å². The highest BCUT2D eigenvalue weighted by molar-refractivity contribution is 7.92. The normalized spacial score (nSPS) is 12.0. The quantitative estimate of drug-likeness (QED) is 0.297. The lowest BCUT2D eigenvalue weighted by atomic mass is 10.0. The molecule has 0 unspecified atom stereocenters. The van der Waals surface area contributed by atoms with Gasteiger partial charge in [0.15, 0.2) is 0 Å². The standard InChI is InChI=1S/C32H41N3O5S/c1-6-19-33-32(37)30(21-25-13-8-7-9-14-25)34(22-26-15-12-16-27(20-26)40-4)31(36)23-35(41(5,38)39)29-18-11-10-17-28(29)24(2)3/h7-18,20,24,30H,6,19,21-23H2,1-5H3,(H,33,37)/t30-/m0/s1. The zero-order valence-corrected chi connectivity index (χ0v) is 25.4. The van der Waals surface area contributed by atoms with E-state index in [-0.39, 0.29) is 24.8 Å². The van der Waals surface area contributed by atoms with Crippen LogP contribution in [0.3, 0.4) is 0 Å². The van der Waals surface area contributed by atoms with Gasteiger partial charge in [-0.2, -0.15) is 0 Å². The maximum atomic E-state index is 14.2. The van der Waals surface area contributed by atoms with Crippen molar-refractivity contribution in [2.45, 2.75) is 52.1 Å². The summed E-state index contributed by atoms with van der Waals surface area (Å²) in [4.78, 5) is 29.3. The molecule has 0 aliphatic heterocycles. The molecule has 3 aromatic carbocycles. The smallest absolute Gasteiger partial charge is 0.244 e. The third-order valence-electron chi connectivity index (χ3n) is 6.81. The number of amides is 2. The highest BCUT2D eigenvalue weighted by atomic mass is 32.2. The van der Waals surface area contributed by atoms with Crippen LogP contribution in [0.1, 0.15) is 49.8 Å². The molecule has 0 aromatic heterocycles. The third kappa shape index (κ3) is 8.82. The Balaban J connectivity index is 2.09. The number of anilines is 1. The van der Waals surface area contributed by atoms with Crippen molar-refractivity contribution in [2.24, 2.45) is 0 Å². The lowest BCUT2D eigenvalue weighted by Gasteiger charge is -2.34. The molecule has 2 amide bonds. The first-order valence-corrected chi connectivity index (χ1v) is 15.7. The van der Waals surface area contributed by atoms with Crippen LogP contribution in [-0.4, -0.2) is 57.6 Å². The number of benzene rings is 3. The number of hydrogen-bond acceptors (Lipinski definition) is 5. The predicted molar refractivity (Wildman–Crippen MR) is 163 cm³/mol. The molecule has 0 saturated carbocycles. The third-order valence-corrected chi connectivity index (χ3v) is 7.94. The Hall–Kier alpha value is -3.85. The minimum atomic E-state index is -3.84. The van der Waals surface area contributed by atoms with Gasteiger partial charge >= 0.3 is 0 Å². The summed E-state index contributed by atoms with van der Waals surface area (Å²) in [5, 5.41) is 2.95. The van der Waals surface area contributed by atoms with Gasteiger partial charge in [-0.3, -0.25) is 13.9 Å². The summed E-state index contributed by atoms with van der Waals surface area (Å²) in [5.74, 6) is -0.123. The number of ether oxygens (including phenoxy) is 1. The second-order valence-electron chi connectivity index (χ2n) is 10.4. The van der Waals surface area contributed by atoms with Crippen molar-refractivity contribution in [3.63, 3.8) is 0 Å². The number of sulfonamides is 1. The van der Waals surface area contributed by atoms with E-state index in [2.05, 4.69) is 5.32 Å². The molecule has 0 heterocycles. The van der Waals surface area contributed by atoms with Gasteiger partial charge in [0.05, 0.1) is 19.1 Å². The highest BCUT2D eigenvalue weighted by Gasteiger charge is 2.33. The number of methoxy groups -OCH3 is 1. The van der Waals surface area contributed by atoms with Crippen LogP contribution in [-0.2, 0) is 32.6 Å². The van der Waals surface area contributed by atoms with Crippen molar-refractivity contribution in [3.05, 3.63) is 95.6 Å². The molecule has 1 N–H and O–H groups in total. The molecule has 0 saturated heterocycles. The van der Waals surface area contributed by atoms with Gasteiger partial charge in [0.25, 0.3) is 0 Å². The van der Waals surface area contributed by atoms with Gasteiger partial charge in [-0.15, -0.1) is 0 Å². The summed E-state index contributed by atoms with van der Waals surface area (Å²) < 4.78 is 32.7. The minimum absolute atomic E-state index is 0.0316. The van der Waals surface area contributed by atoms with E-state index in [4.69, 9.17) is 4.74 Å². The first kappa shape index (κ1) is 31.7. The van der Waals surface area contributed by atoms with E-state index in [1.165, 1.54) is 4.90 Å². The van der Waals surface area contributed by atoms with Crippen LogP contribution < -0.4 is 14.4 Å². The molecule has 0 radical (unpaired) electrons. The average Bonchev–Trinajstić information content (AvgIpc) is 2.96. The molecule has 0 bridgehead atoms. The van der Waals surface area contributed by atoms with Crippen molar-refractivity contribution >= 4 is 27.5 Å². The summed E-state index contributed by atoms with van der Waals surface area (Å²) >= 11 is 0. The van der Waals surface area contributed by atoms with E-state index in [1.54, 1.807) is 25.3 Å². The molecule has 0 aliphatic carbocycles. The fourth-order valence-corrected chi connectivity index (χ4v) is 5.55. The maximum Gasteiger partial charge on any atom is 0.244 e. The van der Waals surface area contributed by atoms with Crippen molar-refractivity contribution in [1.29, 1.82) is 0 Å². The summed E-state index contributed by atoms with van der Waals surface area (Å²) in [6.45, 7) is 6.02. The number of rotatable bonds is 14. The first-order chi connectivity index (χ1) is 19.5. The summed E-state index contributed by atoms with van der Waals surface area (Å²) in [5.41, 5.74) is 2.91. The van der Waals surface area contributed by atoms with E-state index in [0.717, 1.165) is 33.7 Å². The fraction of sp³-hybridized carbons (Fsp3) is 0.375. The Kier molecular flexibility index (Phi) is 11.3. The molecule has 41 heavy (non-hydrogen) atoms. The second kappa shape index (κ2) is 14.7. The van der Waals surface area contributed by atoms with Crippen LogP contribution in [0, 0.1) is 0 Å². The molecule has 8 nitrogen and oxygen atoms in total. The Morgan fingerprint density at radius 2 is 1.59 bits per heavy atom. The Bertz CT molecular complexity index is 1410. The van der Waals surface area contributed by atoms with Crippen molar-refractivity contribution in [1.82, 2.24) is 10.2 Å². The molecule has 9 heteroatoms. The Morgan fingerprint density at radius 1 is 0.927 bits per heavy atom. The van der Waals surface area contributed by atoms with Gasteiger partial charge in [-0.05, 0) is 47.2 Å². The number of carbonyl (C=O) groups is 2. The van der Waals surface area contributed by atoms with Crippen molar-refractivity contribution in [3.8, 4) is 5.75 Å². The molecule has 0 fully saturated rings. The maximum absolute atomic E-state index is 14.2. The number of hydrogen-bond donors (Lipinski definition) is 1. The Labute approximate surface area is 244 Å². The molecular formula is C32H41N3O5S.